The van der Waals surface area contributed by atoms with Gasteiger partial charge in [0, 0.05) is 24.7 Å². The van der Waals surface area contributed by atoms with Crippen LogP contribution < -0.4 is 0 Å². The van der Waals surface area contributed by atoms with Crippen molar-refractivity contribution in [1.82, 2.24) is 0 Å². The summed E-state index contributed by atoms with van der Waals surface area (Å²) in [5.74, 6) is 0.472. The molecule has 0 N–H and O–H groups in total. The van der Waals surface area contributed by atoms with Crippen LogP contribution >= 0.6 is 0 Å². The van der Waals surface area contributed by atoms with Gasteiger partial charge in [0.25, 0.3) is 0 Å². The lowest BCUT2D eigenvalue weighted by Gasteiger charge is -2.19. The molecule has 0 aromatic rings. The third-order valence-corrected chi connectivity index (χ3v) is 2.85. The molecule has 4 atom stereocenters. The summed E-state index contributed by atoms with van der Waals surface area (Å²) in [6.45, 7) is 0. The molecule has 13 heavy (non-hydrogen) atoms. The van der Waals surface area contributed by atoms with Gasteiger partial charge in [-0.3, -0.25) is 0 Å². The lowest BCUT2D eigenvalue weighted by atomic mass is 9.80. The summed E-state index contributed by atoms with van der Waals surface area (Å²) in [6.07, 6.45) is 5.20. The van der Waals surface area contributed by atoms with E-state index in [4.69, 9.17) is 15.3 Å². The molecule has 2 aliphatic heterocycles. The van der Waals surface area contributed by atoms with Crippen LogP contribution in [0.2, 0.25) is 0 Å². The van der Waals surface area contributed by atoms with Crippen LogP contribution in [-0.4, -0.2) is 12.2 Å². The number of hydrogen-bond donors (Lipinski definition) is 0. The summed E-state index contributed by atoms with van der Waals surface area (Å²) in [4.78, 5) is 0. The van der Waals surface area contributed by atoms with E-state index in [9.17, 15) is 0 Å². The number of nitriles is 2. The minimum Gasteiger partial charge on any atom is -0.366 e. The molecular formula is C10H10N2O. The molecular weight excluding hydrogens is 164 g/mol. The average molecular weight is 174 g/mol. The molecule has 0 aromatic carbocycles. The predicted octanol–water partition coefficient (Wildman–Crippen LogP) is 1.38. The van der Waals surface area contributed by atoms with Crippen LogP contribution in [0.5, 0.6) is 0 Å². The minimum atomic E-state index is 0.0861. The summed E-state index contributed by atoms with van der Waals surface area (Å²) in [6, 6.07) is 4.32. The van der Waals surface area contributed by atoms with E-state index in [2.05, 4.69) is 12.1 Å². The van der Waals surface area contributed by atoms with Gasteiger partial charge in [-0.1, -0.05) is 12.2 Å². The Morgan fingerprint density at radius 3 is 1.85 bits per heavy atom. The average Bonchev–Trinajstić information content (AvgIpc) is 2.69. The topological polar surface area (TPSA) is 56.8 Å². The molecule has 3 nitrogen and oxygen atoms in total. The van der Waals surface area contributed by atoms with Gasteiger partial charge in [-0.15, -0.1) is 0 Å². The van der Waals surface area contributed by atoms with Gasteiger partial charge < -0.3 is 4.74 Å². The van der Waals surface area contributed by atoms with Crippen LogP contribution in [0.25, 0.3) is 0 Å². The van der Waals surface area contributed by atoms with Crippen molar-refractivity contribution in [2.24, 2.45) is 11.8 Å². The van der Waals surface area contributed by atoms with Gasteiger partial charge in [-0.2, -0.15) is 10.5 Å². The van der Waals surface area contributed by atoms with Gasteiger partial charge in [0.15, 0.2) is 0 Å². The van der Waals surface area contributed by atoms with E-state index < -0.39 is 0 Å². The Morgan fingerprint density at radius 2 is 1.46 bits per heavy atom. The van der Waals surface area contributed by atoms with E-state index in [0.29, 0.717) is 12.8 Å². The molecule has 2 heterocycles. The van der Waals surface area contributed by atoms with Crippen molar-refractivity contribution in [1.29, 1.82) is 10.5 Å². The maximum atomic E-state index is 8.63. The molecule has 0 saturated carbocycles. The Bertz CT molecular complexity index is 280. The van der Waals surface area contributed by atoms with Crippen molar-refractivity contribution >= 4 is 0 Å². The van der Waals surface area contributed by atoms with Crippen LogP contribution in [0.1, 0.15) is 12.8 Å². The van der Waals surface area contributed by atoms with E-state index in [0.717, 1.165) is 0 Å². The summed E-state index contributed by atoms with van der Waals surface area (Å²) in [5, 5.41) is 17.3. The zero-order valence-corrected chi connectivity index (χ0v) is 7.18. The predicted molar refractivity (Wildman–Crippen MR) is 45.2 cm³/mol. The second-order valence-electron chi connectivity index (χ2n) is 3.50. The highest BCUT2D eigenvalue weighted by molar-refractivity contribution is 5.16. The highest BCUT2D eigenvalue weighted by atomic mass is 16.5. The van der Waals surface area contributed by atoms with Crippen molar-refractivity contribution in [3.8, 4) is 12.1 Å². The Kier molecular flexibility index (Phi) is 2.04. The fourth-order valence-electron chi connectivity index (χ4n) is 2.21. The van der Waals surface area contributed by atoms with Crippen molar-refractivity contribution in [2.75, 3.05) is 0 Å². The van der Waals surface area contributed by atoms with Gasteiger partial charge in [0.2, 0.25) is 0 Å². The molecule has 1 saturated heterocycles. The number of ether oxygens (including phenoxy) is 1. The fraction of sp³-hybridized carbons (Fsp3) is 0.600. The monoisotopic (exact) mass is 174 g/mol. The second-order valence-corrected chi connectivity index (χ2v) is 3.50. The minimum absolute atomic E-state index is 0.0861. The second kappa shape index (κ2) is 3.20. The van der Waals surface area contributed by atoms with Gasteiger partial charge in [0.05, 0.1) is 24.3 Å². The molecule has 3 heteroatoms. The Morgan fingerprint density at radius 1 is 1.00 bits per heavy atom. The first-order valence-electron chi connectivity index (χ1n) is 4.44. The van der Waals surface area contributed by atoms with Gasteiger partial charge in [0.1, 0.15) is 0 Å². The van der Waals surface area contributed by atoms with E-state index in [1.165, 1.54) is 0 Å². The first-order chi connectivity index (χ1) is 6.36. The first kappa shape index (κ1) is 8.29. The molecule has 66 valence electrons. The zero-order valence-electron chi connectivity index (χ0n) is 7.18. The SMILES string of the molecule is N#CC[C@@H]1[C@H](CC#N)[C@H]2C=C[C@@H]1O2. The number of nitrogens with zero attached hydrogens (tertiary/aromatic N) is 2. The Balaban J connectivity index is 2.13. The summed E-state index contributed by atoms with van der Waals surface area (Å²) in [5.41, 5.74) is 0. The van der Waals surface area contributed by atoms with Crippen molar-refractivity contribution in [3.05, 3.63) is 12.2 Å². The third-order valence-electron chi connectivity index (χ3n) is 2.85. The van der Waals surface area contributed by atoms with Crippen LogP contribution in [0.4, 0.5) is 0 Å². The van der Waals surface area contributed by atoms with Crippen LogP contribution in [0.15, 0.2) is 12.2 Å². The van der Waals surface area contributed by atoms with E-state index in [-0.39, 0.29) is 24.0 Å². The van der Waals surface area contributed by atoms with Gasteiger partial charge in [-0.25, -0.2) is 0 Å². The van der Waals surface area contributed by atoms with E-state index in [1.54, 1.807) is 0 Å². The van der Waals surface area contributed by atoms with Crippen LogP contribution in [0.3, 0.4) is 0 Å². The maximum Gasteiger partial charge on any atom is 0.0807 e. The fourth-order valence-corrected chi connectivity index (χ4v) is 2.21. The summed E-state index contributed by atoms with van der Waals surface area (Å²) >= 11 is 0. The normalized spacial score (nSPS) is 40.2. The van der Waals surface area contributed by atoms with Crippen molar-refractivity contribution < 1.29 is 4.74 Å². The number of rotatable bonds is 2. The van der Waals surface area contributed by atoms with E-state index in [1.807, 2.05) is 12.2 Å². The third kappa shape index (κ3) is 1.22. The quantitative estimate of drug-likeness (QED) is 0.594. The summed E-state index contributed by atoms with van der Waals surface area (Å²) in [7, 11) is 0. The molecule has 0 unspecified atom stereocenters. The molecule has 0 spiro atoms. The van der Waals surface area contributed by atoms with Crippen LogP contribution in [0, 0.1) is 34.5 Å². The van der Waals surface area contributed by atoms with Crippen molar-refractivity contribution in [3.63, 3.8) is 0 Å². The van der Waals surface area contributed by atoms with Gasteiger partial charge in [-0.05, 0) is 0 Å². The zero-order chi connectivity index (χ0) is 9.26. The number of fused-ring (bicyclic) bond motifs is 2. The lowest BCUT2D eigenvalue weighted by molar-refractivity contribution is 0.103. The molecule has 0 radical (unpaired) electrons. The van der Waals surface area contributed by atoms with Crippen molar-refractivity contribution in [2.45, 2.75) is 25.0 Å². The lowest BCUT2D eigenvalue weighted by Crippen LogP contribution is -2.23. The standard InChI is InChI=1S/C10H10N2O/c11-5-3-7-8(4-6-12)10-2-1-9(7)13-10/h1-2,7-10H,3-4H2/t7-,8+,9+,10-. The molecule has 2 rings (SSSR count). The molecule has 2 aliphatic rings. The summed E-state index contributed by atoms with van der Waals surface area (Å²) < 4.78 is 5.59. The maximum absolute atomic E-state index is 8.63. The smallest absolute Gasteiger partial charge is 0.0807 e. The highest BCUT2D eigenvalue weighted by Crippen LogP contribution is 2.42. The first-order valence-corrected chi connectivity index (χ1v) is 4.44. The molecule has 0 aromatic heterocycles. The molecule has 0 amide bonds. The molecule has 2 bridgehead atoms. The largest absolute Gasteiger partial charge is 0.366 e. The number of hydrogen-bond acceptors (Lipinski definition) is 3. The highest BCUT2D eigenvalue weighted by Gasteiger charge is 2.45. The van der Waals surface area contributed by atoms with E-state index >= 15 is 0 Å². The van der Waals surface area contributed by atoms with Crippen LogP contribution in [-0.2, 0) is 4.74 Å². The Hall–Kier alpha value is -1.32. The Labute approximate surface area is 77.2 Å². The molecule has 0 aliphatic carbocycles. The van der Waals surface area contributed by atoms with Gasteiger partial charge >= 0.3 is 0 Å². The molecule has 1 fully saturated rings.